The first-order valence-corrected chi connectivity index (χ1v) is 13.5. The number of benzene rings is 1. The van der Waals surface area contributed by atoms with Gasteiger partial charge in [0, 0.05) is 18.5 Å². The molecule has 10 heteroatoms. The molecule has 2 amide bonds. The summed E-state index contributed by atoms with van der Waals surface area (Å²) >= 11 is 12.3. The first-order valence-electron chi connectivity index (χ1n) is 11.3. The summed E-state index contributed by atoms with van der Waals surface area (Å²) in [7, 11) is -2.80. The molecule has 1 aromatic carbocycles. The normalized spacial score (nSPS) is 27.9. The Morgan fingerprint density at radius 2 is 1.85 bits per heavy atom. The van der Waals surface area contributed by atoms with Crippen molar-refractivity contribution in [1.82, 2.24) is 9.62 Å². The number of nitrogens with zero attached hydrogens (tertiary/aromatic N) is 1. The van der Waals surface area contributed by atoms with Crippen LogP contribution in [0.2, 0.25) is 10.0 Å². The lowest BCUT2D eigenvalue weighted by Gasteiger charge is -2.51. The Morgan fingerprint density at radius 1 is 1.24 bits per heavy atom. The Labute approximate surface area is 206 Å². The molecule has 2 fully saturated rings. The third-order valence-corrected chi connectivity index (χ3v) is 10.8. The summed E-state index contributed by atoms with van der Waals surface area (Å²) in [6, 6.07) is 4.31. The Hall–Kier alpha value is -1.35. The zero-order valence-corrected chi connectivity index (χ0v) is 21.9. The van der Waals surface area contributed by atoms with Crippen molar-refractivity contribution in [3.8, 4) is 0 Å². The zero-order chi connectivity index (χ0) is 24.8. The molecule has 4 atom stereocenters. The number of fused-ring (bicyclic) bond motifs is 2. The Kier molecular flexibility index (Phi) is 7.45. The van der Waals surface area contributed by atoms with E-state index in [-0.39, 0.29) is 38.7 Å². The Morgan fingerprint density at radius 3 is 2.39 bits per heavy atom. The van der Waals surface area contributed by atoms with Crippen molar-refractivity contribution in [3.63, 3.8) is 0 Å². The molecule has 2 aliphatic carbocycles. The van der Waals surface area contributed by atoms with Crippen molar-refractivity contribution in [2.45, 2.75) is 75.8 Å². The second-order valence-corrected chi connectivity index (χ2v) is 12.7. The van der Waals surface area contributed by atoms with Gasteiger partial charge in [-0.15, -0.1) is 0 Å². The van der Waals surface area contributed by atoms with Gasteiger partial charge >= 0.3 is 0 Å². The summed E-state index contributed by atoms with van der Waals surface area (Å²) < 4.78 is 27.7. The van der Waals surface area contributed by atoms with Gasteiger partial charge in [-0.3, -0.25) is 9.59 Å². The largest absolute Gasteiger partial charge is 0.369 e. The van der Waals surface area contributed by atoms with Gasteiger partial charge in [0.1, 0.15) is 10.4 Å². The van der Waals surface area contributed by atoms with E-state index >= 15 is 0 Å². The third-order valence-electron chi connectivity index (χ3n) is 7.78. The van der Waals surface area contributed by atoms with E-state index in [9.17, 15) is 18.0 Å². The summed E-state index contributed by atoms with van der Waals surface area (Å²) in [5.74, 6) is -0.434. The second kappa shape index (κ2) is 9.36. The minimum Gasteiger partial charge on any atom is -0.369 e. The van der Waals surface area contributed by atoms with Gasteiger partial charge in [-0.25, -0.2) is 8.42 Å². The lowest BCUT2D eigenvalue weighted by Crippen LogP contribution is -2.62. The van der Waals surface area contributed by atoms with Gasteiger partial charge in [0.15, 0.2) is 0 Å². The van der Waals surface area contributed by atoms with E-state index in [4.69, 9.17) is 28.9 Å². The maximum Gasteiger partial charge on any atom is 0.246 e. The highest BCUT2D eigenvalue weighted by atomic mass is 35.5. The average molecular weight is 519 g/mol. The van der Waals surface area contributed by atoms with Crippen LogP contribution in [0.15, 0.2) is 23.1 Å². The molecule has 2 aliphatic rings. The first-order chi connectivity index (χ1) is 15.3. The van der Waals surface area contributed by atoms with Crippen LogP contribution in [0.25, 0.3) is 0 Å². The Balaban J connectivity index is 1.86. The monoisotopic (exact) mass is 517 g/mol. The van der Waals surface area contributed by atoms with Crippen molar-refractivity contribution >= 4 is 45.0 Å². The molecule has 4 unspecified atom stereocenters. The highest BCUT2D eigenvalue weighted by molar-refractivity contribution is 7.89. The summed E-state index contributed by atoms with van der Waals surface area (Å²) in [4.78, 5) is 25.5. The van der Waals surface area contributed by atoms with E-state index in [2.05, 4.69) is 5.32 Å². The predicted molar refractivity (Wildman–Crippen MR) is 129 cm³/mol. The maximum absolute atomic E-state index is 13.5. The van der Waals surface area contributed by atoms with E-state index < -0.39 is 26.9 Å². The van der Waals surface area contributed by atoms with Crippen LogP contribution in [-0.4, -0.2) is 43.2 Å². The molecule has 0 radical (unpaired) electrons. The molecule has 3 N–H and O–H groups in total. The van der Waals surface area contributed by atoms with E-state index in [1.807, 2.05) is 6.92 Å². The minimum atomic E-state index is -4.15. The number of primary amides is 1. The van der Waals surface area contributed by atoms with Crippen LogP contribution in [-0.2, 0) is 19.6 Å². The number of rotatable bonds is 7. The lowest BCUT2D eigenvalue weighted by molar-refractivity contribution is -0.138. The van der Waals surface area contributed by atoms with Crippen molar-refractivity contribution in [2.75, 3.05) is 7.05 Å². The number of hydrogen-bond donors (Lipinski definition) is 2. The highest BCUT2D eigenvalue weighted by Crippen LogP contribution is 2.51. The van der Waals surface area contributed by atoms with Crippen molar-refractivity contribution in [1.29, 1.82) is 0 Å². The SMILES string of the molecule is CCC1CC2(C(N)=O)CCCC(C2)C1NC(=O)C(C)(C)N(C)S(=O)(=O)c1c(Cl)cccc1Cl. The van der Waals surface area contributed by atoms with Crippen molar-refractivity contribution < 1.29 is 18.0 Å². The van der Waals surface area contributed by atoms with Crippen LogP contribution in [0.3, 0.4) is 0 Å². The highest BCUT2D eigenvalue weighted by Gasteiger charge is 2.52. The predicted octanol–water partition coefficient (Wildman–Crippen LogP) is 3.97. The topological polar surface area (TPSA) is 110 Å². The molecule has 0 aliphatic heterocycles. The summed E-state index contributed by atoms with van der Waals surface area (Å²) in [6.45, 7) is 5.16. The van der Waals surface area contributed by atoms with Gasteiger partial charge in [-0.05, 0) is 63.5 Å². The molecule has 2 bridgehead atoms. The molecule has 7 nitrogen and oxygen atoms in total. The maximum atomic E-state index is 13.5. The molecule has 2 saturated carbocycles. The van der Waals surface area contributed by atoms with Gasteiger partial charge < -0.3 is 11.1 Å². The summed E-state index contributed by atoms with van der Waals surface area (Å²) in [5.41, 5.74) is 3.88. The zero-order valence-electron chi connectivity index (χ0n) is 19.5. The van der Waals surface area contributed by atoms with Crippen LogP contribution in [0, 0.1) is 17.3 Å². The minimum absolute atomic E-state index is 0.00566. The molecule has 0 saturated heterocycles. The smallest absolute Gasteiger partial charge is 0.246 e. The lowest BCUT2D eigenvalue weighted by atomic mass is 9.56. The van der Waals surface area contributed by atoms with E-state index in [1.54, 1.807) is 19.9 Å². The first kappa shape index (κ1) is 26.3. The molecule has 1 aromatic rings. The number of sulfonamides is 1. The van der Waals surface area contributed by atoms with Crippen LogP contribution in [0.5, 0.6) is 0 Å². The number of carbonyl (C=O) groups is 2. The van der Waals surface area contributed by atoms with Crippen LogP contribution >= 0.6 is 23.2 Å². The van der Waals surface area contributed by atoms with E-state index in [1.165, 1.54) is 19.2 Å². The average Bonchev–Trinajstić information content (AvgIpc) is 2.74. The number of likely N-dealkylation sites (N-methyl/N-ethyl adjacent to an activating group) is 1. The number of nitrogens with two attached hydrogens (primary N) is 1. The molecule has 0 heterocycles. The van der Waals surface area contributed by atoms with E-state index in [0.29, 0.717) is 12.8 Å². The van der Waals surface area contributed by atoms with Gasteiger partial charge in [0.2, 0.25) is 21.8 Å². The molecular weight excluding hydrogens is 485 g/mol. The fourth-order valence-electron chi connectivity index (χ4n) is 5.51. The van der Waals surface area contributed by atoms with Gasteiger partial charge in [-0.1, -0.05) is 49.0 Å². The summed E-state index contributed by atoms with van der Waals surface area (Å²) in [5, 5.41) is 3.13. The van der Waals surface area contributed by atoms with E-state index in [0.717, 1.165) is 30.0 Å². The summed E-state index contributed by atoms with van der Waals surface area (Å²) in [6.07, 6.45) is 4.68. The van der Waals surface area contributed by atoms with Crippen molar-refractivity contribution in [2.24, 2.45) is 23.0 Å². The standard InChI is InChI=1S/C23H33Cl2N3O4S/c1-5-14-12-23(20(26)29)11-7-8-15(13-23)18(14)27-21(30)22(2,3)28(4)33(31,32)19-16(24)9-6-10-17(19)25/h6,9-10,14-15,18H,5,7-8,11-13H2,1-4H3,(H2,26,29)(H,27,30). The van der Waals surface area contributed by atoms with Crippen molar-refractivity contribution in [3.05, 3.63) is 28.2 Å². The van der Waals surface area contributed by atoms with Gasteiger partial charge in [0.25, 0.3) is 0 Å². The molecule has 33 heavy (non-hydrogen) atoms. The van der Waals surface area contributed by atoms with Crippen LogP contribution in [0.4, 0.5) is 0 Å². The fraction of sp³-hybridized carbons (Fsp3) is 0.652. The molecule has 3 rings (SSSR count). The molecule has 184 valence electrons. The number of nitrogens with one attached hydrogen (secondary N) is 1. The molecule has 0 aromatic heterocycles. The Bertz CT molecular complexity index is 1020. The molecule has 0 spiro atoms. The van der Waals surface area contributed by atoms with Gasteiger partial charge in [-0.2, -0.15) is 4.31 Å². The second-order valence-electron chi connectivity index (χ2n) is 9.96. The number of amides is 2. The van der Waals surface area contributed by atoms with Crippen LogP contribution < -0.4 is 11.1 Å². The molecular formula is C23H33Cl2N3O4S. The third kappa shape index (κ3) is 4.64. The number of halogens is 2. The fourth-order valence-corrected chi connectivity index (χ4v) is 8.08. The van der Waals surface area contributed by atoms with Crippen LogP contribution in [0.1, 0.15) is 59.3 Å². The quantitative estimate of drug-likeness (QED) is 0.569. The number of carbonyl (C=O) groups excluding carboxylic acids is 2. The van der Waals surface area contributed by atoms with Gasteiger partial charge in [0.05, 0.1) is 10.0 Å². The number of hydrogen-bond acceptors (Lipinski definition) is 4.